The first kappa shape index (κ1) is 52.3. The number of carbonyl (C=O) groups is 7. The van der Waals surface area contributed by atoms with E-state index in [9.17, 15) is 33.6 Å². The van der Waals surface area contributed by atoms with Crippen molar-refractivity contribution >= 4 is 41.5 Å². The van der Waals surface area contributed by atoms with Crippen molar-refractivity contribution in [3.05, 3.63) is 47.5 Å². The van der Waals surface area contributed by atoms with Crippen molar-refractivity contribution in [2.45, 2.75) is 150 Å². The highest BCUT2D eigenvalue weighted by atomic mass is 16.6. The minimum Gasteiger partial charge on any atom is -0.460 e. The highest BCUT2D eigenvalue weighted by Crippen LogP contribution is 2.28. The van der Waals surface area contributed by atoms with E-state index in [1.165, 1.54) is 37.7 Å². The second-order valence-corrected chi connectivity index (χ2v) is 16.9. The molecule has 2 rings (SSSR count). The summed E-state index contributed by atoms with van der Waals surface area (Å²) in [5.74, 6) is -5.58. The summed E-state index contributed by atoms with van der Waals surface area (Å²) in [6.07, 6.45) is 2.16. The molecule has 5 amide bonds. The van der Waals surface area contributed by atoms with Crippen molar-refractivity contribution in [1.82, 2.24) is 25.8 Å². The number of carbonyl (C=O) groups excluding carboxylic acids is 7. The van der Waals surface area contributed by atoms with Gasteiger partial charge in [-0.15, -0.1) is 0 Å². The number of rotatable bonds is 12. The van der Waals surface area contributed by atoms with Crippen LogP contribution in [0.5, 0.6) is 0 Å². The highest BCUT2D eigenvalue weighted by Gasteiger charge is 2.38. The second-order valence-electron chi connectivity index (χ2n) is 16.9. The molecule has 0 aromatic heterocycles. The Bertz CT molecular complexity index is 1670. The number of likely N-dealkylation sites (N-methyl/N-ethyl adjacent to an activating group) is 2. The number of benzene rings is 1. The Morgan fingerprint density at radius 2 is 1.41 bits per heavy atom. The lowest BCUT2D eigenvalue weighted by molar-refractivity contribution is -0.158. The van der Waals surface area contributed by atoms with Gasteiger partial charge in [-0.1, -0.05) is 97.7 Å². The Kier molecular flexibility index (Phi) is 21.6. The van der Waals surface area contributed by atoms with E-state index in [4.69, 9.17) is 14.2 Å². The number of cyclic esters (lactones) is 2. The van der Waals surface area contributed by atoms with E-state index in [0.29, 0.717) is 12.8 Å². The minimum atomic E-state index is -1.26. The zero-order valence-electron chi connectivity index (χ0n) is 38.7. The molecule has 0 spiro atoms. The van der Waals surface area contributed by atoms with Crippen molar-refractivity contribution in [2.24, 2.45) is 23.7 Å². The Morgan fingerprint density at radius 3 is 1.98 bits per heavy atom. The molecule has 1 aromatic rings. The van der Waals surface area contributed by atoms with Gasteiger partial charge in [0.15, 0.2) is 6.10 Å². The largest absolute Gasteiger partial charge is 0.460 e. The van der Waals surface area contributed by atoms with E-state index in [2.05, 4.69) is 29.8 Å². The van der Waals surface area contributed by atoms with Crippen molar-refractivity contribution < 1.29 is 47.8 Å². The van der Waals surface area contributed by atoms with Gasteiger partial charge in [-0.05, 0) is 51.0 Å². The van der Waals surface area contributed by atoms with Crippen LogP contribution in [0, 0.1) is 23.7 Å². The SMILES string of the molecule is CCC[C@H](C)[C@@H](OC)[C@@H](C)[C@@H]1C/C=C(\C)C(=O)O[C@H]([C@@H](C)CC)C(=O)N[C@@H](C)C(=O)N(C)[C@H](Cc2ccccc2)C(=O)N(C)CC(=O)N[C@@H]([C@@H](C)CC)C(=O)N[C@@H](C)C(=O)O1. The maximum Gasteiger partial charge on any atom is 0.334 e. The third-order valence-electron chi connectivity index (χ3n) is 12.0. The van der Waals surface area contributed by atoms with Gasteiger partial charge in [0.1, 0.15) is 30.3 Å². The number of hydrogen-bond acceptors (Lipinski definition) is 10. The molecule has 3 N–H and O–H groups in total. The molecule has 0 aliphatic carbocycles. The maximum absolute atomic E-state index is 14.2. The summed E-state index contributed by atoms with van der Waals surface area (Å²) in [5, 5.41) is 8.17. The summed E-state index contributed by atoms with van der Waals surface area (Å²) in [4.78, 5) is 99.2. The molecule has 0 bridgehead atoms. The number of nitrogens with zero attached hydrogens (tertiary/aromatic N) is 2. The Morgan fingerprint density at radius 1 is 0.803 bits per heavy atom. The first-order chi connectivity index (χ1) is 28.7. The molecule has 0 fully saturated rings. The van der Waals surface area contributed by atoms with Gasteiger partial charge in [-0.2, -0.15) is 0 Å². The fourth-order valence-electron chi connectivity index (χ4n) is 7.52. The van der Waals surface area contributed by atoms with Gasteiger partial charge in [-0.3, -0.25) is 24.0 Å². The molecule has 11 atom stereocenters. The van der Waals surface area contributed by atoms with E-state index in [-0.39, 0.29) is 42.3 Å². The van der Waals surface area contributed by atoms with Crippen molar-refractivity contribution in [2.75, 3.05) is 27.7 Å². The molecule has 1 aliphatic rings. The second kappa shape index (κ2) is 25.2. The topological polar surface area (TPSA) is 190 Å². The quantitative estimate of drug-likeness (QED) is 0.255. The highest BCUT2D eigenvalue weighted by molar-refractivity contribution is 5.96. The first-order valence-electron chi connectivity index (χ1n) is 21.8. The van der Waals surface area contributed by atoms with Crippen molar-refractivity contribution in [3.8, 4) is 0 Å². The van der Waals surface area contributed by atoms with Crippen molar-refractivity contribution in [1.29, 1.82) is 0 Å². The zero-order chi connectivity index (χ0) is 46.1. The van der Waals surface area contributed by atoms with E-state index < -0.39 is 90.3 Å². The van der Waals surface area contributed by atoms with Gasteiger partial charge >= 0.3 is 11.9 Å². The van der Waals surface area contributed by atoms with Crippen LogP contribution in [0.4, 0.5) is 0 Å². The Labute approximate surface area is 363 Å². The molecule has 0 saturated heterocycles. The number of methoxy groups -OCH3 is 1. The lowest BCUT2D eigenvalue weighted by Crippen LogP contribution is -2.58. The zero-order valence-corrected chi connectivity index (χ0v) is 38.7. The van der Waals surface area contributed by atoms with Crippen LogP contribution >= 0.6 is 0 Å². The summed E-state index contributed by atoms with van der Waals surface area (Å²) in [7, 11) is 4.49. The fraction of sp³-hybridized carbons (Fsp3) is 0.674. The van der Waals surface area contributed by atoms with Gasteiger partial charge in [0.25, 0.3) is 5.91 Å². The lowest BCUT2D eigenvalue weighted by Gasteiger charge is -2.34. The number of ether oxygens (including phenoxy) is 3. The van der Waals surface area contributed by atoms with Crippen LogP contribution in [0.2, 0.25) is 0 Å². The molecule has 15 nitrogen and oxygen atoms in total. The molecule has 61 heavy (non-hydrogen) atoms. The number of nitrogens with one attached hydrogen (secondary N) is 3. The van der Waals surface area contributed by atoms with Crippen LogP contribution in [0.1, 0.15) is 107 Å². The van der Waals surface area contributed by atoms with Gasteiger partial charge in [-0.25, -0.2) is 9.59 Å². The van der Waals surface area contributed by atoms with Crippen LogP contribution in [0.25, 0.3) is 0 Å². The predicted molar refractivity (Wildman–Crippen MR) is 233 cm³/mol. The molecule has 342 valence electrons. The molecular weight excluding hydrogens is 783 g/mol. The predicted octanol–water partition coefficient (Wildman–Crippen LogP) is 4.36. The summed E-state index contributed by atoms with van der Waals surface area (Å²) >= 11 is 0. The van der Waals surface area contributed by atoms with Gasteiger partial charge < -0.3 is 40.0 Å². The Balaban J connectivity index is 2.67. The van der Waals surface area contributed by atoms with Crippen LogP contribution in [-0.4, -0.2) is 122 Å². The van der Waals surface area contributed by atoms with E-state index >= 15 is 0 Å². The fourth-order valence-corrected chi connectivity index (χ4v) is 7.52. The monoisotopic (exact) mass is 856 g/mol. The van der Waals surface area contributed by atoms with Crippen LogP contribution in [0.3, 0.4) is 0 Å². The molecule has 1 aliphatic heterocycles. The van der Waals surface area contributed by atoms with Crippen molar-refractivity contribution in [3.63, 3.8) is 0 Å². The number of esters is 2. The Hall–Kier alpha value is -4.79. The average Bonchev–Trinajstić information content (AvgIpc) is 3.23. The minimum absolute atomic E-state index is 0.0905. The molecule has 0 saturated carbocycles. The standard InChI is InChI=1S/C46H73N5O10/c1-14-20-29(6)39(59-13)31(8)36-24-23-30(7)45(57)61-40(28(5)16-3)42(54)47-32(9)43(55)51(12)35(25-34-21-18-17-19-22-34)44(56)50(11)26-37(52)49-38(27(4)15-2)41(53)48-33(10)46(58)60-36/h17-19,21-23,27-29,31-33,35-36,38-40H,14-16,20,24-26H2,1-13H3,(H,47,54)(H,48,53)(H,49,52)/b30-23+/t27-,28-,29-,31-,32-,33-,35+,36-,38-,39+,40+/m0/s1. The van der Waals surface area contributed by atoms with Crippen LogP contribution < -0.4 is 16.0 Å². The van der Waals surface area contributed by atoms with Gasteiger partial charge in [0.05, 0.1) is 12.6 Å². The lowest BCUT2D eigenvalue weighted by atomic mass is 9.85. The third-order valence-corrected chi connectivity index (χ3v) is 12.0. The molecule has 15 heteroatoms. The van der Waals surface area contributed by atoms with E-state index in [1.54, 1.807) is 46.1 Å². The molecule has 0 radical (unpaired) electrons. The molecule has 0 unspecified atom stereocenters. The van der Waals surface area contributed by atoms with E-state index in [0.717, 1.165) is 18.4 Å². The number of amides is 5. The summed E-state index contributed by atoms with van der Waals surface area (Å²) in [6.45, 7) is 17.4. The van der Waals surface area contributed by atoms with Crippen LogP contribution in [-0.2, 0) is 54.2 Å². The summed E-state index contributed by atoms with van der Waals surface area (Å²) in [5.41, 5.74) is 0.921. The summed E-state index contributed by atoms with van der Waals surface area (Å²) in [6, 6.07) is 4.65. The van der Waals surface area contributed by atoms with E-state index in [1.807, 2.05) is 39.0 Å². The smallest absolute Gasteiger partial charge is 0.334 e. The third kappa shape index (κ3) is 15.3. The molecule has 1 heterocycles. The van der Waals surface area contributed by atoms with Gasteiger partial charge in [0.2, 0.25) is 23.6 Å². The van der Waals surface area contributed by atoms with Gasteiger partial charge in [0, 0.05) is 51.5 Å². The maximum atomic E-state index is 14.2. The summed E-state index contributed by atoms with van der Waals surface area (Å²) < 4.78 is 17.8. The molecular formula is C46H73N5O10. The average molecular weight is 856 g/mol. The first-order valence-corrected chi connectivity index (χ1v) is 21.8. The molecule has 1 aromatic carbocycles. The number of hydrogen-bond donors (Lipinski definition) is 3. The van der Waals surface area contributed by atoms with Crippen LogP contribution in [0.15, 0.2) is 42.0 Å². The normalized spacial score (nSPS) is 27.2.